The van der Waals surface area contributed by atoms with Crippen LogP contribution in [0.5, 0.6) is 0 Å². The van der Waals surface area contributed by atoms with E-state index in [2.05, 4.69) is 9.98 Å². The lowest BCUT2D eigenvalue weighted by atomic mass is 10.1. The van der Waals surface area contributed by atoms with Crippen LogP contribution in [0.15, 0.2) is 45.5 Å². The highest BCUT2D eigenvalue weighted by molar-refractivity contribution is 8.38. The molecular weight excluding hydrogens is 414 g/mol. The van der Waals surface area contributed by atoms with E-state index in [1.165, 1.54) is 17.4 Å². The highest BCUT2D eigenvalue weighted by atomic mass is 32.2. The smallest absolute Gasteiger partial charge is 0.338 e. The van der Waals surface area contributed by atoms with Crippen LogP contribution in [0.2, 0.25) is 0 Å². The predicted octanol–water partition coefficient (Wildman–Crippen LogP) is 3.76. The van der Waals surface area contributed by atoms with E-state index in [9.17, 15) is 9.59 Å². The zero-order chi connectivity index (χ0) is 19.5. The molecule has 1 aromatic carbocycles. The van der Waals surface area contributed by atoms with Gasteiger partial charge in [-0.1, -0.05) is 41.7 Å². The van der Waals surface area contributed by atoms with Gasteiger partial charge in [-0.15, -0.1) is 11.3 Å². The average molecular weight is 432 g/mol. The number of aromatic nitrogens is 2. The van der Waals surface area contributed by atoms with Crippen LogP contribution in [-0.4, -0.2) is 32.0 Å². The first-order chi connectivity index (χ1) is 13.6. The number of rotatable bonds is 5. The SMILES string of the molecule is Cc1csc2nc(COC(=O)c3ccccc3CSC3=NCCS3)cc(=O)n12. The van der Waals surface area contributed by atoms with Gasteiger partial charge in [0.2, 0.25) is 0 Å². The first-order valence-electron chi connectivity index (χ1n) is 8.63. The number of carbonyl (C=O) groups excluding carboxylic acids is 1. The molecule has 0 unspecified atom stereocenters. The van der Waals surface area contributed by atoms with Gasteiger partial charge in [0, 0.05) is 28.6 Å². The highest BCUT2D eigenvalue weighted by Gasteiger charge is 2.16. The number of esters is 1. The average Bonchev–Trinajstić information content (AvgIpc) is 3.35. The second-order valence-electron chi connectivity index (χ2n) is 6.10. The maximum Gasteiger partial charge on any atom is 0.338 e. The number of thiazole rings is 1. The molecule has 0 aliphatic carbocycles. The predicted molar refractivity (Wildman–Crippen MR) is 116 cm³/mol. The molecule has 0 N–H and O–H groups in total. The summed E-state index contributed by atoms with van der Waals surface area (Å²) in [5.74, 6) is 1.27. The summed E-state index contributed by atoms with van der Waals surface area (Å²) in [7, 11) is 0. The molecule has 2 aromatic heterocycles. The number of ether oxygens (including phenoxy) is 1. The Morgan fingerprint density at radius 2 is 2.21 bits per heavy atom. The van der Waals surface area contributed by atoms with E-state index in [0.29, 0.717) is 22.0 Å². The summed E-state index contributed by atoms with van der Waals surface area (Å²) in [5.41, 5.74) is 2.57. The third-order valence-electron chi connectivity index (χ3n) is 4.13. The largest absolute Gasteiger partial charge is 0.456 e. The molecule has 0 radical (unpaired) electrons. The third kappa shape index (κ3) is 4.16. The van der Waals surface area contributed by atoms with Gasteiger partial charge in [-0.3, -0.25) is 14.2 Å². The molecule has 3 heterocycles. The Morgan fingerprint density at radius 1 is 1.36 bits per heavy atom. The van der Waals surface area contributed by atoms with Crippen molar-refractivity contribution in [3.8, 4) is 0 Å². The van der Waals surface area contributed by atoms with Gasteiger partial charge in [-0.2, -0.15) is 0 Å². The van der Waals surface area contributed by atoms with E-state index in [0.717, 1.165) is 27.9 Å². The van der Waals surface area contributed by atoms with E-state index >= 15 is 0 Å². The maximum atomic E-state index is 12.6. The Bertz CT molecular complexity index is 1120. The first kappa shape index (κ1) is 19.2. The van der Waals surface area contributed by atoms with Crippen LogP contribution in [0.3, 0.4) is 0 Å². The number of nitrogens with zero attached hydrogens (tertiary/aromatic N) is 3. The molecule has 28 heavy (non-hydrogen) atoms. The molecule has 1 aliphatic rings. The summed E-state index contributed by atoms with van der Waals surface area (Å²) in [6.07, 6.45) is 0. The van der Waals surface area contributed by atoms with Gasteiger partial charge in [0.15, 0.2) is 4.96 Å². The van der Waals surface area contributed by atoms with Crippen molar-refractivity contribution in [3.63, 3.8) is 0 Å². The number of aliphatic imine (C=N–C) groups is 1. The lowest BCUT2D eigenvalue weighted by molar-refractivity contribution is 0.0467. The number of hydrogen-bond donors (Lipinski definition) is 0. The zero-order valence-electron chi connectivity index (χ0n) is 15.1. The molecule has 6 nitrogen and oxygen atoms in total. The lowest BCUT2D eigenvalue weighted by Gasteiger charge is -2.09. The fourth-order valence-electron chi connectivity index (χ4n) is 2.78. The minimum absolute atomic E-state index is 0.0362. The van der Waals surface area contributed by atoms with Crippen molar-refractivity contribution in [2.75, 3.05) is 12.3 Å². The van der Waals surface area contributed by atoms with Crippen LogP contribution >= 0.6 is 34.9 Å². The standard InChI is InChI=1S/C19H17N3O3S3/c1-12-10-27-18-21-14(8-16(23)22(12)18)9-25-17(24)15-5-3-2-4-13(15)11-28-19-20-6-7-26-19/h2-5,8,10H,6-7,9,11H2,1H3. The van der Waals surface area contributed by atoms with E-state index in [-0.39, 0.29) is 12.2 Å². The molecule has 144 valence electrons. The van der Waals surface area contributed by atoms with Gasteiger partial charge in [0.1, 0.15) is 11.0 Å². The molecule has 0 atom stereocenters. The van der Waals surface area contributed by atoms with Gasteiger partial charge in [0.05, 0.1) is 17.8 Å². The van der Waals surface area contributed by atoms with Crippen LogP contribution in [0, 0.1) is 6.92 Å². The van der Waals surface area contributed by atoms with Crippen LogP contribution in [0.25, 0.3) is 4.96 Å². The molecule has 9 heteroatoms. The van der Waals surface area contributed by atoms with Gasteiger partial charge in [-0.25, -0.2) is 9.78 Å². The van der Waals surface area contributed by atoms with Crippen molar-refractivity contribution < 1.29 is 9.53 Å². The fraction of sp³-hybridized carbons (Fsp3) is 0.263. The third-order valence-corrected chi connectivity index (χ3v) is 7.37. The van der Waals surface area contributed by atoms with Crippen molar-refractivity contribution in [1.82, 2.24) is 9.38 Å². The lowest BCUT2D eigenvalue weighted by Crippen LogP contribution is -2.16. The Morgan fingerprint density at radius 3 is 3.04 bits per heavy atom. The highest BCUT2D eigenvalue weighted by Crippen LogP contribution is 2.26. The molecule has 1 aliphatic heterocycles. The topological polar surface area (TPSA) is 73.0 Å². The summed E-state index contributed by atoms with van der Waals surface area (Å²) < 4.78 is 8.06. The van der Waals surface area contributed by atoms with Crippen LogP contribution < -0.4 is 5.56 Å². The number of hydrogen-bond acceptors (Lipinski definition) is 8. The molecular formula is C19H17N3O3S3. The fourth-order valence-corrected chi connectivity index (χ4v) is 5.68. The molecule has 3 aromatic rings. The van der Waals surface area contributed by atoms with Gasteiger partial charge < -0.3 is 4.74 Å². The monoisotopic (exact) mass is 431 g/mol. The Kier molecular flexibility index (Phi) is 5.84. The van der Waals surface area contributed by atoms with Crippen LogP contribution in [0.4, 0.5) is 0 Å². The number of carbonyl (C=O) groups is 1. The minimum atomic E-state index is -0.415. The normalized spacial score (nSPS) is 13.7. The second kappa shape index (κ2) is 8.50. The quantitative estimate of drug-likeness (QED) is 0.573. The molecule has 4 rings (SSSR count). The summed E-state index contributed by atoms with van der Waals surface area (Å²) in [6, 6.07) is 8.83. The maximum absolute atomic E-state index is 12.6. The van der Waals surface area contributed by atoms with Crippen molar-refractivity contribution in [2.45, 2.75) is 19.3 Å². The minimum Gasteiger partial charge on any atom is -0.456 e. The molecule has 0 bridgehead atoms. The van der Waals surface area contributed by atoms with E-state index in [1.54, 1.807) is 34.0 Å². The first-order valence-corrected chi connectivity index (χ1v) is 11.5. The Labute approximate surface area is 174 Å². The molecule has 0 saturated carbocycles. The summed E-state index contributed by atoms with van der Waals surface area (Å²) in [5, 5.41) is 1.88. The Balaban J connectivity index is 1.46. The zero-order valence-corrected chi connectivity index (χ0v) is 17.5. The van der Waals surface area contributed by atoms with Crippen molar-refractivity contribution in [2.24, 2.45) is 4.99 Å². The van der Waals surface area contributed by atoms with Crippen molar-refractivity contribution >= 4 is 50.2 Å². The number of thioether (sulfide) groups is 2. The Hall–Kier alpha value is -2.10. The molecule has 0 spiro atoms. The molecule has 0 saturated heterocycles. The summed E-state index contributed by atoms with van der Waals surface area (Å²) >= 11 is 4.77. The number of aryl methyl sites for hydroxylation is 1. The van der Waals surface area contributed by atoms with E-state index < -0.39 is 5.97 Å². The van der Waals surface area contributed by atoms with E-state index in [1.807, 2.05) is 30.5 Å². The number of benzene rings is 1. The van der Waals surface area contributed by atoms with Crippen LogP contribution in [0.1, 0.15) is 27.3 Å². The summed E-state index contributed by atoms with van der Waals surface area (Å²) in [4.78, 5) is 34.3. The molecule has 0 amide bonds. The van der Waals surface area contributed by atoms with Gasteiger partial charge in [-0.05, 0) is 18.6 Å². The van der Waals surface area contributed by atoms with E-state index in [4.69, 9.17) is 4.74 Å². The number of fused-ring (bicyclic) bond motifs is 1. The van der Waals surface area contributed by atoms with Crippen molar-refractivity contribution in [3.05, 3.63) is 68.6 Å². The summed E-state index contributed by atoms with van der Waals surface area (Å²) in [6.45, 7) is 2.68. The van der Waals surface area contributed by atoms with Gasteiger partial charge in [0.25, 0.3) is 5.56 Å². The molecule has 0 fully saturated rings. The second-order valence-corrected chi connectivity index (χ2v) is 9.24. The van der Waals surface area contributed by atoms with Crippen LogP contribution in [-0.2, 0) is 17.1 Å². The van der Waals surface area contributed by atoms with Gasteiger partial charge >= 0.3 is 5.97 Å². The van der Waals surface area contributed by atoms with Crippen molar-refractivity contribution in [1.29, 1.82) is 0 Å².